The first-order valence-corrected chi connectivity index (χ1v) is 6.92. The maximum Gasteiger partial charge on any atom is 0.265 e. The van der Waals surface area contributed by atoms with Gasteiger partial charge in [0, 0.05) is 5.56 Å². The summed E-state index contributed by atoms with van der Waals surface area (Å²) in [4.78, 5) is 12.5. The molecule has 0 spiro atoms. The van der Waals surface area contributed by atoms with Crippen molar-refractivity contribution in [1.82, 2.24) is 0 Å². The van der Waals surface area contributed by atoms with Crippen molar-refractivity contribution in [2.75, 3.05) is 5.32 Å². The molecule has 0 fully saturated rings. The third-order valence-corrected chi connectivity index (χ3v) is 3.97. The lowest BCUT2D eigenvalue weighted by molar-refractivity contribution is 0.103. The number of rotatable bonds is 3. The van der Waals surface area contributed by atoms with E-state index in [9.17, 15) is 4.79 Å². The predicted molar refractivity (Wildman–Crippen MR) is 81.2 cm³/mol. The zero-order chi connectivity index (χ0) is 14.7. The minimum Gasteiger partial charge on any atom is -0.409 e. The first kappa shape index (κ1) is 14.6. The Bertz CT molecular complexity index is 685. The summed E-state index contributed by atoms with van der Waals surface area (Å²) in [6, 6.07) is 7.89. The fourth-order valence-electron chi connectivity index (χ4n) is 1.46. The molecule has 0 saturated carbocycles. The van der Waals surface area contributed by atoms with Gasteiger partial charge >= 0.3 is 0 Å². The van der Waals surface area contributed by atoms with Gasteiger partial charge in [-0.2, -0.15) is 0 Å². The van der Waals surface area contributed by atoms with Crippen LogP contribution in [0.2, 0.25) is 9.36 Å². The molecule has 1 aromatic carbocycles. The first-order chi connectivity index (χ1) is 9.51. The lowest BCUT2D eigenvalue weighted by atomic mass is 10.2. The van der Waals surface area contributed by atoms with E-state index >= 15 is 0 Å². The van der Waals surface area contributed by atoms with Crippen LogP contribution in [0.5, 0.6) is 0 Å². The van der Waals surface area contributed by atoms with E-state index in [1.54, 1.807) is 24.3 Å². The maximum absolute atomic E-state index is 12.0. The van der Waals surface area contributed by atoms with E-state index < -0.39 is 0 Å². The Labute approximate surface area is 128 Å². The van der Waals surface area contributed by atoms with Crippen molar-refractivity contribution < 1.29 is 10.0 Å². The zero-order valence-corrected chi connectivity index (χ0v) is 12.3. The molecule has 0 aliphatic heterocycles. The van der Waals surface area contributed by atoms with Crippen LogP contribution in [-0.2, 0) is 0 Å². The van der Waals surface area contributed by atoms with E-state index in [2.05, 4.69) is 10.5 Å². The average Bonchev–Trinajstić information content (AvgIpc) is 2.87. The first-order valence-electron chi connectivity index (χ1n) is 5.35. The van der Waals surface area contributed by atoms with Crippen LogP contribution in [0.25, 0.3) is 0 Å². The fraction of sp³-hybridized carbons (Fsp3) is 0. The molecule has 1 heterocycles. The number of anilines is 1. The summed E-state index contributed by atoms with van der Waals surface area (Å²) in [5, 5.41) is 14.5. The van der Waals surface area contributed by atoms with Crippen LogP contribution in [0.3, 0.4) is 0 Å². The van der Waals surface area contributed by atoms with Crippen LogP contribution >= 0.6 is 34.5 Å². The molecule has 0 radical (unpaired) electrons. The van der Waals surface area contributed by atoms with Gasteiger partial charge in [-0.1, -0.05) is 28.4 Å². The molecule has 0 aliphatic carbocycles. The third kappa shape index (κ3) is 3.22. The number of halogens is 2. The van der Waals surface area contributed by atoms with Gasteiger partial charge in [0.15, 0.2) is 5.84 Å². The molecule has 1 amide bonds. The van der Waals surface area contributed by atoms with Crippen molar-refractivity contribution in [3.8, 4) is 0 Å². The Balaban J connectivity index is 2.26. The van der Waals surface area contributed by atoms with Crippen LogP contribution in [0.4, 0.5) is 5.69 Å². The highest BCUT2D eigenvalue weighted by molar-refractivity contribution is 7.18. The van der Waals surface area contributed by atoms with Crippen molar-refractivity contribution in [3.63, 3.8) is 0 Å². The number of carbonyl (C=O) groups excluding carboxylic acids is 1. The van der Waals surface area contributed by atoms with E-state index in [0.717, 1.165) is 11.3 Å². The summed E-state index contributed by atoms with van der Waals surface area (Å²) in [5.74, 6) is -0.406. The van der Waals surface area contributed by atoms with Crippen LogP contribution in [-0.4, -0.2) is 17.0 Å². The van der Waals surface area contributed by atoms with Gasteiger partial charge in [-0.15, -0.1) is 11.3 Å². The highest BCUT2D eigenvalue weighted by atomic mass is 35.5. The molecule has 8 heteroatoms. The number of benzene rings is 1. The molecule has 0 atom stereocenters. The van der Waals surface area contributed by atoms with Crippen molar-refractivity contribution in [2.45, 2.75) is 0 Å². The number of oxime groups is 1. The van der Waals surface area contributed by atoms with Crippen molar-refractivity contribution in [2.24, 2.45) is 10.9 Å². The van der Waals surface area contributed by atoms with Crippen molar-refractivity contribution in [3.05, 3.63) is 50.1 Å². The monoisotopic (exact) mass is 329 g/mol. The van der Waals surface area contributed by atoms with E-state index in [4.69, 9.17) is 34.1 Å². The van der Waals surface area contributed by atoms with Gasteiger partial charge in [-0.25, -0.2) is 0 Å². The van der Waals surface area contributed by atoms with Gasteiger partial charge in [0.05, 0.1) is 19.9 Å². The summed E-state index contributed by atoms with van der Waals surface area (Å²) < 4.78 is 0.520. The number of nitrogens with one attached hydrogen (secondary N) is 1. The SMILES string of the molecule is N/C(=N/O)c1ccc(Cl)c(NC(=O)c2ccc(Cl)s2)c1. The molecule has 0 unspecified atom stereocenters. The Morgan fingerprint density at radius 3 is 2.65 bits per heavy atom. The molecule has 0 saturated heterocycles. The van der Waals surface area contributed by atoms with E-state index in [-0.39, 0.29) is 11.7 Å². The van der Waals surface area contributed by atoms with Crippen molar-refractivity contribution in [1.29, 1.82) is 0 Å². The van der Waals surface area contributed by atoms with Crippen LogP contribution in [0.15, 0.2) is 35.5 Å². The Morgan fingerprint density at radius 2 is 2.05 bits per heavy atom. The molecule has 2 aromatic rings. The molecule has 1 aromatic heterocycles. The Morgan fingerprint density at radius 1 is 1.30 bits per heavy atom. The molecule has 20 heavy (non-hydrogen) atoms. The van der Waals surface area contributed by atoms with Crippen LogP contribution in [0, 0.1) is 0 Å². The summed E-state index contributed by atoms with van der Waals surface area (Å²) in [7, 11) is 0. The van der Waals surface area contributed by atoms with E-state index in [1.165, 1.54) is 6.07 Å². The standard InChI is InChI=1S/C12H9Cl2N3O2S/c13-7-2-1-6(11(15)17-19)5-8(7)16-12(18)9-3-4-10(14)20-9/h1-5,19H,(H2,15,17)(H,16,18). The molecule has 0 aliphatic rings. The minimum absolute atomic E-state index is 0.0728. The third-order valence-electron chi connectivity index (χ3n) is 2.42. The van der Waals surface area contributed by atoms with Crippen molar-refractivity contribution >= 4 is 52.0 Å². The number of carbonyl (C=O) groups is 1. The average molecular weight is 330 g/mol. The predicted octanol–water partition coefficient (Wildman–Crippen LogP) is 3.40. The van der Waals surface area contributed by atoms with Gasteiger partial charge in [-0.05, 0) is 30.3 Å². The molecule has 2 rings (SSSR count). The van der Waals surface area contributed by atoms with E-state index in [0.29, 0.717) is 25.5 Å². The Hall–Kier alpha value is -1.76. The second-order valence-corrected chi connectivity index (χ2v) is 5.86. The number of hydrogen-bond donors (Lipinski definition) is 3. The quantitative estimate of drug-likeness (QED) is 0.349. The summed E-state index contributed by atoms with van der Waals surface area (Å²) >= 11 is 12.9. The van der Waals surface area contributed by atoms with Crippen LogP contribution in [0.1, 0.15) is 15.2 Å². The number of amides is 1. The molecule has 104 valence electrons. The maximum atomic E-state index is 12.0. The highest BCUT2D eigenvalue weighted by Crippen LogP contribution is 2.26. The van der Waals surface area contributed by atoms with Gasteiger partial charge in [-0.3, -0.25) is 4.79 Å². The lowest BCUT2D eigenvalue weighted by Gasteiger charge is -2.08. The Kier molecular flexibility index (Phi) is 4.49. The van der Waals surface area contributed by atoms with Crippen LogP contribution < -0.4 is 11.1 Å². The lowest BCUT2D eigenvalue weighted by Crippen LogP contribution is -2.15. The van der Waals surface area contributed by atoms with Gasteiger partial charge in [0.2, 0.25) is 0 Å². The number of hydrogen-bond acceptors (Lipinski definition) is 4. The normalized spacial score (nSPS) is 11.4. The smallest absolute Gasteiger partial charge is 0.265 e. The summed E-state index contributed by atoms with van der Waals surface area (Å²) in [6.45, 7) is 0. The molecule has 0 bridgehead atoms. The summed E-state index contributed by atoms with van der Waals surface area (Å²) in [6.07, 6.45) is 0. The molecular weight excluding hydrogens is 321 g/mol. The van der Waals surface area contributed by atoms with Gasteiger partial charge in [0.25, 0.3) is 5.91 Å². The van der Waals surface area contributed by atoms with E-state index in [1.807, 2.05) is 0 Å². The zero-order valence-electron chi connectivity index (χ0n) is 9.93. The second kappa shape index (κ2) is 6.13. The summed E-state index contributed by atoms with van der Waals surface area (Å²) in [5.41, 5.74) is 6.29. The molecule has 5 nitrogen and oxygen atoms in total. The van der Waals surface area contributed by atoms with Gasteiger partial charge < -0.3 is 16.3 Å². The topological polar surface area (TPSA) is 87.7 Å². The number of thiophene rings is 1. The number of nitrogens with zero attached hydrogens (tertiary/aromatic N) is 1. The fourth-order valence-corrected chi connectivity index (χ4v) is 2.56. The molecular formula is C12H9Cl2N3O2S. The number of amidine groups is 1. The van der Waals surface area contributed by atoms with Gasteiger partial charge in [0.1, 0.15) is 0 Å². The second-order valence-electron chi connectivity index (χ2n) is 3.74. The highest BCUT2D eigenvalue weighted by Gasteiger charge is 2.12. The number of nitrogens with two attached hydrogens (primary N) is 1. The largest absolute Gasteiger partial charge is 0.409 e. The molecule has 4 N–H and O–H groups in total. The minimum atomic E-state index is -0.333.